The Bertz CT molecular complexity index is 1150. The molecular formula is C27H35N5O4. The topological polar surface area (TPSA) is 109 Å². The lowest BCUT2D eigenvalue weighted by Gasteiger charge is -2.34. The van der Waals surface area contributed by atoms with Gasteiger partial charge in [0.25, 0.3) is 0 Å². The zero-order valence-corrected chi connectivity index (χ0v) is 21.3. The van der Waals surface area contributed by atoms with Gasteiger partial charge in [-0.15, -0.1) is 0 Å². The average molecular weight is 494 g/mol. The zero-order valence-electron chi connectivity index (χ0n) is 21.3. The van der Waals surface area contributed by atoms with Crippen LogP contribution >= 0.6 is 0 Å². The van der Waals surface area contributed by atoms with Crippen LogP contribution in [-0.4, -0.2) is 58.8 Å². The number of ether oxygens (including phenoxy) is 2. The average Bonchev–Trinajstić information content (AvgIpc) is 3.27. The second-order valence-corrected chi connectivity index (χ2v) is 10.1. The van der Waals surface area contributed by atoms with Crippen LogP contribution in [0.5, 0.6) is 5.75 Å². The van der Waals surface area contributed by atoms with Crippen molar-refractivity contribution in [3.63, 3.8) is 0 Å². The highest BCUT2D eigenvalue weighted by Gasteiger charge is 2.29. The molecule has 9 nitrogen and oxygen atoms in total. The van der Waals surface area contributed by atoms with Crippen LogP contribution in [0.15, 0.2) is 48.5 Å². The highest BCUT2D eigenvalue weighted by Crippen LogP contribution is 2.22. The fourth-order valence-electron chi connectivity index (χ4n) is 4.32. The summed E-state index contributed by atoms with van der Waals surface area (Å²) in [4.78, 5) is 35.3. The molecule has 2 atom stereocenters. The standard InChI is InChI=1S/C27H35N5O4/c1-27(2,3)36-26(34)32-15-7-8-19(17-32)28-25(33)31-23(16-18-11-13-20(35-4)14-12-18)24-29-21-9-5-6-10-22(21)30-24/h5-6,9-14,19,23H,7-8,15-17H2,1-4H3,(H,29,30)(H2,28,31,33)/t19?,23-/m1/s1. The molecule has 1 saturated heterocycles. The summed E-state index contributed by atoms with van der Waals surface area (Å²) in [6.07, 6.45) is 1.78. The van der Waals surface area contributed by atoms with Crippen molar-refractivity contribution < 1.29 is 19.1 Å². The van der Waals surface area contributed by atoms with E-state index in [2.05, 4.69) is 15.6 Å². The van der Waals surface area contributed by atoms with E-state index in [1.165, 1.54) is 0 Å². The van der Waals surface area contributed by atoms with Crippen molar-refractivity contribution in [2.45, 2.75) is 57.7 Å². The van der Waals surface area contributed by atoms with Gasteiger partial charge >= 0.3 is 12.1 Å². The van der Waals surface area contributed by atoms with Gasteiger partial charge < -0.3 is 30.0 Å². The Morgan fingerprint density at radius 3 is 2.61 bits per heavy atom. The minimum atomic E-state index is -0.559. The maximum Gasteiger partial charge on any atom is 0.410 e. The highest BCUT2D eigenvalue weighted by atomic mass is 16.6. The minimum absolute atomic E-state index is 0.163. The molecule has 0 aliphatic carbocycles. The number of carbonyl (C=O) groups is 2. The molecule has 4 rings (SSSR count). The Labute approximate surface area is 211 Å². The van der Waals surface area contributed by atoms with Crippen LogP contribution in [0.4, 0.5) is 9.59 Å². The molecule has 1 unspecified atom stereocenters. The lowest BCUT2D eigenvalue weighted by molar-refractivity contribution is 0.0190. The van der Waals surface area contributed by atoms with Gasteiger partial charge in [0.05, 0.1) is 24.2 Å². The summed E-state index contributed by atoms with van der Waals surface area (Å²) in [6, 6.07) is 14.7. The van der Waals surface area contributed by atoms with Crippen LogP contribution in [0.25, 0.3) is 11.0 Å². The molecule has 9 heteroatoms. The van der Waals surface area contributed by atoms with E-state index in [1.54, 1.807) is 12.0 Å². The number of aromatic nitrogens is 2. The van der Waals surface area contributed by atoms with Crippen LogP contribution in [0, 0.1) is 0 Å². The van der Waals surface area contributed by atoms with Crippen molar-refractivity contribution in [1.82, 2.24) is 25.5 Å². The fourth-order valence-corrected chi connectivity index (χ4v) is 4.32. The molecule has 3 aromatic rings. The smallest absolute Gasteiger partial charge is 0.410 e. The summed E-state index contributed by atoms with van der Waals surface area (Å²) in [7, 11) is 1.63. The SMILES string of the molecule is COc1ccc(C[C@@H](NC(=O)NC2CCCN(C(=O)OC(C)(C)C)C2)c2nc3ccccc3[nH]2)cc1. The summed E-state index contributed by atoms with van der Waals surface area (Å²) < 4.78 is 10.8. The number of carbonyl (C=O) groups excluding carboxylic acids is 2. The minimum Gasteiger partial charge on any atom is -0.497 e. The van der Waals surface area contributed by atoms with Gasteiger partial charge in [0, 0.05) is 19.1 Å². The quantitative estimate of drug-likeness (QED) is 0.467. The Morgan fingerprint density at radius 2 is 1.92 bits per heavy atom. The van der Waals surface area contributed by atoms with Gasteiger partial charge in [-0.3, -0.25) is 0 Å². The first-order chi connectivity index (χ1) is 17.2. The molecule has 3 amide bonds. The Morgan fingerprint density at radius 1 is 1.17 bits per heavy atom. The van der Waals surface area contributed by atoms with Gasteiger partial charge in [0.2, 0.25) is 0 Å². The first kappa shape index (κ1) is 25.3. The van der Waals surface area contributed by atoms with Gasteiger partial charge in [-0.1, -0.05) is 24.3 Å². The summed E-state index contributed by atoms with van der Waals surface area (Å²) in [5.74, 6) is 1.46. The Hall–Kier alpha value is -3.75. The monoisotopic (exact) mass is 493 g/mol. The molecule has 192 valence electrons. The normalized spacial score (nSPS) is 16.9. The number of fused-ring (bicyclic) bond motifs is 1. The Kier molecular flexibility index (Phi) is 7.67. The van der Waals surface area contributed by atoms with Crippen molar-refractivity contribution in [3.8, 4) is 5.75 Å². The van der Waals surface area contributed by atoms with E-state index >= 15 is 0 Å². The lowest BCUT2D eigenvalue weighted by atomic mass is 10.0. The number of hydrogen-bond donors (Lipinski definition) is 3. The number of aromatic amines is 1. The third-order valence-electron chi connectivity index (χ3n) is 6.05. The van der Waals surface area contributed by atoms with Crippen LogP contribution in [0.3, 0.4) is 0 Å². The van der Waals surface area contributed by atoms with Crippen molar-refractivity contribution >= 4 is 23.2 Å². The van der Waals surface area contributed by atoms with E-state index in [0.717, 1.165) is 35.2 Å². The second kappa shape index (κ2) is 10.9. The summed E-state index contributed by atoms with van der Waals surface area (Å²) >= 11 is 0. The number of piperidine rings is 1. The van der Waals surface area contributed by atoms with E-state index in [9.17, 15) is 9.59 Å². The fraction of sp³-hybridized carbons (Fsp3) is 0.444. The van der Waals surface area contributed by atoms with E-state index in [0.29, 0.717) is 25.3 Å². The van der Waals surface area contributed by atoms with E-state index in [-0.39, 0.29) is 24.2 Å². The molecule has 1 fully saturated rings. The third-order valence-corrected chi connectivity index (χ3v) is 6.05. The Balaban J connectivity index is 1.45. The predicted molar refractivity (Wildman–Crippen MR) is 138 cm³/mol. The number of H-pyrrole nitrogens is 1. The number of para-hydroxylation sites is 2. The number of benzene rings is 2. The molecule has 1 aliphatic rings. The maximum atomic E-state index is 13.1. The molecular weight excluding hydrogens is 458 g/mol. The molecule has 0 saturated carbocycles. The summed E-state index contributed by atoms with van der Waals surface area (Å²) in [6.45, 7) is 6.57. The number of likely N-dealkylation sites (tertiary alicyclic amines) is 1. The molecule has 1 aliphatic heterocycles. The van der Waals surface area contributed by atoms with Crippen molar-refractivity contribution in [2.24, 2.45) is 0 Å². The van der Waals surface area contributed by atoms with E-state index in [4.69, 9.17) is 14.5 Å². The highest BCUT2D eigenvalue weighted by molar-refractivity contribution is 5.77. The van der Waals surface area contributed by atoms with E-state index < -0.39 is 5.60 Å². The van der Waals surface area contributed by atoms with E-state index in [1.807, 2.05) is 69.3 Å². The molecule has 2 aromatic carbocycles. The molecule has 36 heavy (non-hydrogen) atoms. The number of nitrogens with one attached hydrogen (secondary N) is 3. The number of amides is 3. The number of imidazole rings is 1. The summed E-state index contributed by atoms with van der Waals surface area (Å²) in [5, 5.41) is 6.13. The summed E-state index contributed by atoms with van der Waals surface area (Å²) in [5.41, 5.74) is 2.23. The van der Waals surface area contributed by atoms with Gasteiger partial charge in [-0.05, 0) is 69.9 Å². The van der Waals surface area contributed by atoms with Crippen LogP contribution in [-0.2, 0) is 11.2 Å². The van der Waals surface area contributed by atoms with Gasteiger partial charge in [-0.2, -0.15) is 0 Å². The molecule has 0 radical (unpaired) electrons. The number of hydrogen-bond acceptors (Lipinski definition) is 5. The first-order valence-corrected chi connectivity index (χ1v) is 12.3. The van der Waals surface area contributed by atoms with Crippen LogP contribution < -0.4 is 15.4 Å². The third kappa shape index (κ3) is 6.68. The molecule has 0 bridgehead atoms. The molecule has 1 aromatic heterocycles. The number of urea groups is 1. The first-order valence-electron chi connectivity index (χ1n) is 12.3. The largest absolute Gasteiger partial charge is 0.497 e. The number of methoxy groups -OCH3 is 1. The molecule has 0 spiro atoms. The number of nitrogens with zero attached hydrogens (tertiary/aromatic N) is 2. The zero-order chi connectivity index (χ0) is 25.7. The lowest BCUT2D eigenvalue weighted by Crippen LogP contribution is -2.53. The maximum absolute atomic E-state index is 13.1. The number of rotatable bonds is 6. The second-order valence-electron chi connectivity index (χ2n) is 10.1. The van der Waals surface area contributed by atoms with Gasteiger partial charge in [0.1, 0.15) is 17.2 Å². The van der Waals surface area contributed by atoms with Crippen molar-refractivity contribution in [2.75, 3.05) is 20.2 Å². The van der Waals surface area contributed by atoms with Crippen LogP contribution in [0.2, 0.25) is 0 Å². The van der Waals surface area contributed by atoms with Gasteiger partial charge in [0.15, 0.2) is 0 Å². The molecule has 3 N–H and O–H groups in total. The van der Waals surface area contributed by atoms with Crippen molar-refractivity contribution in [1.29, 1.82) is 0 Å². The van der Waals surface area contributed by atoms with Gasteiger partial charge in [-0.25, -0.2) is 14.6 Å². The predicted octanol–water partition coefficient (Wildman–Crippen LogP) is 4.55. The van der Waals surface area contributed by atoms with Crippen molar-refractivity contribution in [3.05, 3.63) is 59.9 Å². The van der Waals surface area contributed by atoms with Crippen LogP contribution in [0.1, 0.15) is 51.0 Å². The molecule has 2 heterocycles.